The lowest BCUT2D eigenvalue weighted by atomic mass is 9.89. The van der Waals surface area contributed by atoms with Gasteiger partial charge in [-0.3, -0.25) is 4.79 Å². The molecule has 1 aliphatic heterocycles. The number of esters is 1. The van der Waals surface area contributed by atoms with Crippen molar-refractivity contribution < 1.29 is 23.8 Å². The van der Waals surface area contributed by atoms with Crippen LogP contribution in [-0.4, -0.2) is 53.3 Å². The molecule has 0 fully saturated rings. The van der Waals surface area contributed by atoms with E-state index in [1.165, 1.54) is 26.0 Å². The summed E-state index contributed by atoms with van der Waals surface area (Å²) >= 11 is 0. The van der Waals surface area contributed by atoms with Gasteiger partial charge in [0.05, 0.1) is 32.9 Å². The van der Waals surface area contributed by atoms with E-state index in [1.54, 1.807) is 48.5 Å². The van der Waals surface area contributed by atoms with Gasteiger partial charge in [0.15, 0.2) is 23.0 Å². The highest BCUT2D eigenvalue weighted by Crippen LogP contribution is 2.39. The summed E-state index contributed by atoms with van der Waals surface area (Å²) in [5.74, 6) is 0.0946. The molecule has 0 amide bonds. The number of carbonyl (C=O) groups excluding carboxylic acids is 2. The zero-order valence-electron chi connectivity index (χ0n) is 17.0. The van der Waals surface area contributed by atoms with Gasteiger partial charge in [0, 0.05) is 5.56 Å². The first kappa shape index (κ1) is 20.1. The first-order valence-electron chi connectivity index (χ1n) is 9.28. The third kappa shape index (κ3) is 3.48. The Bertz CT molecular complexity index is 1170. The number of benzene rings is 2. The number of Topliss-reactive ketones (excluding diaryl/α,β-unsaturated/α-hetero) is 1. The van der Waals surface area contributed by atoms with Gasteiger partial charge in [-0.25, -0.2) is 4.79 Å². The predicted molar refractivity (Wildman–Crippen MR) is 110 cm³/mol. The average molecular weight is 421 g/mol. The van der Waals surface area contributed by atoms with E-state index in [0.29, 0.717) is 22.6 Å². The van der Waals surface area contributed by atoms with E-state index in [1.807, 2.05) is 0 Å². The predicted octanol–water partition coefficient (Wildman–Crippen LogP) is 2.12. The molecule has 158 valence electrons. The molecule has 3 aromatic rings. The van der Waals surface area contributed by atoms with Gasteiger partial charge in [-0.1, -0.05) is 41.5 Å². The summed E-state index contributed by atoms with van der Waals surface area (Å²) in [6, 6.07) is 13.1. The molecule has 0 saturated heterocycles. The monoisotopic (exact) mass is 421 g/mol. The van der Waals surface area contributed by atoms with Crippen LogP contribution >= 0.6 is 0 Å². The fraction of sp³-hybridized carbons (Fsp3) is 0.190. The fourth-order valence-electron chi connectivity index (χ4n) is 3.44. The van der Waals surface area contributed by atoms with Crippen LogP contribution in [0.5, 0.6) is 11.5 Å². The van der Waals surface area contributed by atoms with Crippen LogP contribution in [-0.2, 0) is 9.53 Å². The molecular weight excluding hydrogens is 402 g/mol. The molecule has 0 spiro atoms. The van der Waals surface area contributed by atoms with Gasteiger partial charge >= 0.3 is 5.97 Å². The van der Waals surface area contributed by atoms with Gasteiger partial charge in [-0.05, 0) is 28.1 Å². The first-order chi connectivity index (χ1) is 15.1. The summed E-state index contributed by atoms with van der Waals surface area (Å²) in [6.07, 6.45) is 0. The molecule has 2 aromatic carbocycles. The molecule has 1 aliphatic rings. The Morgan fingerprint density at radius 3 is 2.42 bits per heavy atom. The average Bonchev–Trinajstić information content (AvgIpc) is 3.30. The molecule has 0 radical (unpaired) electrons. The van der Waals surface area contributed by atoms with Crippen LogP contribution in [0.1, 0.15) is 22.0 Å². The van der Waals surface area contributed by atoms with E-state index in [2.05, 4.69) is 20.8 Å². The van der Waals surface area contributed by atoms with Crippen molar-refractivity contribution in [2.24, 2.45) is 0 Å². The van der Waals surface area contributed by atoms with Crippen molar-refractivity contribution in [3.05, 3.63) is 65.2 Å². The van der Waals surface area contributed by atoms with Crippen molar-refractivity contribution in [2.75, 3.05) is 26.6 Å². The molecular formula is C21H19N5O5. The van der Waals surface area contributed by atoms with Gasteiger partial charge in [0.1, 0.15) is 0 Å². The minimum absolute atomic E-state index is 0.0603. The van der Waals surface area contributed by atoms with Crippen LogP contribution in [0.4, 0.5) is 5.95 Å². The van der Waals surface area contributed by atoms with E-state index in [0.717, 1.165) is 0 Å². The number of hydrogen-bond acceptors (Lipinski definition) is 9. The number of fused-ring (bicyclic) bond motifs is 1. The third-order valence-corrected chi connectivity index (χ3v) is 4.90. The molecule has 10 heteroatoms. The second-order valence-electron chi connectivity index (χ2n) is 6.56. The highest BCUT2D eigenvalue weighted by atomic mass is 16.5. The number of methoxy groups -OCH3 is 3. The molecule has 2 heterocycles. The Balaban J connectivity index is 1.96. The summed E-state index contributed by atoms with van der Waals surface area (Å²) in [5, 5.41) is 14.5. The molecule has 1 aromatic heterocycles. The van der Waals surface area contributed by atoms with Crippen molar-refractivity contribution >= 4 is 23.4 Å². The maximum atomic E-state index is 13.6. The smallest absolute Gasteiger partial charge is 0.357 e. The summed E-state index contributed by atoms with van der Waals surface area (Å²) < 4.78 is 16.8. The highest BCUT2D eigenvalue weighted by molar-refractivity contribution is 6.24. The first-order valence-corrected chi connectivity index (χ1v) is 9.28. The van der Waals surface area contributed by atoms with E-state index in [9.17, 15) is 9.59 Å². The number of aromatic nitrogens is 4. The van der Waals surface area contributed by atoms with Crippen molar-refractivity contribution in [1.82, 2.24) is 20.2 Å². The van der Waals surface area contributed by atoms with E-state index in [4.69, 9.17) is 14.2 Å². The van der Waals surface area contributed by atoms with Crippen molar-refractivity contribution in [2.45, 2.75) is 6.04 Å². The standard InChI is InChI=1S/C21H19N5O5/c1-29-14-10-9-13(11-15(14)30-2)17-16(19(27)12-7-5-4-6-8-12)18(20(28)31-3)26-21(22-17)23-24-25-26/h4-11,17H,1-3H3,(H,22,23,25)/t17-/m1/s1. The second-order valence-corrected chi connectivity index (χ2v) is 6.56. The fourth-order valence-corrected chi connectivity index (χ4v) is 3.44. The van der Waals surface area contributed by atoms with Crippen molar-refractivity contribution in [3.8, 4) is 11.5 Å². The zero-order chi connectivity index (χ0) is 22.0. The molecule has 0 saturated carbocycles. The minimum Gasteiger partial charge on any atom is -0.493 e. The van der Waals surface area contributed by atoms with Crippen LogP contribution in [0.3, 0.4) is 0 Å². The number of nitrogens with zero attached hydrogens (tertiary/aromatic N) is 4. The molecule has 1 atom stereocenters. The Morgan fingerprint density at radius 2 is 1.74 bits per heavy atom. The maximum Gasteiger partial charge on any atom is 0.357 e. The number of ether oxygens (including phenoxy) is 3. The third-order valence-electron chi connectivity index (χ3n) is 4.90. The van der Waals surface area contributed by atoms with Gasteiger partial charge in [-0.2, -0.15) is 4.68 Å². The molecule has 1 N–H and O–H groups in total. The number of nitrogens with one attached hydrogen (secondary N) is 1. The Morgan fingerprint density at radius 1 is 1.00 bits per heavy atom. The highest BCUT2D eigenvalue weighted by Gasteiger charge is 2.38. The van der Waals surface area contributed by atoms with Crippen LogP contribution < -0.4 is 14.8 Å². The van der Waals surface area contributed by atoms with Crippen molar-refractivity contribution in [3.63, 3.8) is 0 Å². The topological polar surface area (TPSA) is 117 Å². The number of hydrogen-bond donors (Lipinski definition) is 1. The molecule has 0 unspecified atom stereocenters. The van der Waals surface area contributed by atoms with Gasteiger partial charge in [0.25, 0.3) is 0 Å². The lowest BCUT2D eigenvalue weighted by Crippen LogP contribution is -2.31. The van der Waals surface area contributed by atoms with Gasteiger partial charge < -0.3 is 19.5 Å². The van der Waals surface area contributed by atoms with E-state index in [-0.39, 0.29) is 23.0 Å². The molecule has 31 heavy (non-hydrogen) atoms. The van der Waals surface area contributed by atoms with E-state index < -0.39 is 12.0 Å². The van der Waals surface area contributed by atoms with E-state index >= 15 is 0 Å². The van der Waals surface area contributed by atoms with Gasteiger partial charge in [0.2, 0.25) is 5.95 Å². The summed E-state index contributed by atoms with van der Waals surface area (Å²) in [6.45, 7) is 0. The summed E-state index contributed by atoms with van der Waals surface area (Å²) in [5.41, 5.74) is 1.13. The summed E-state index contributed by atoms with van der Waals surface area (Å²) in [7, 11) is 4.28. The summed E-state index contributed by atoms with van der Waals surface area (Å²) in [4.78, 5) is 26.3. The molecule has 10 nitrogen and oxygen atoms in total. The van der Waals surface area contributed by atoms with Crippen LogP contribution in [0.15, 0.2) is 54.1 Å². The Labute approximate surface area is 177 Å². The number of rotatable bonds is 6. The molecule has 0 aliphatic carbocycles. The quantitative estimate of drug-likeness (QED) is 0.472. The minimum atomic E-state index is -0.750. The largest absolute Gasteiger partial charge is 0.493 e. The number of carbonyl (C=O) groups is 2. The number of anilines is 1. The normalized spacial score (nSPS) is 15.0. The Kier molecular flexibility index (Phi) is 5.35. The number of tetrazole rings is 1. The lowest BCUT2D eigenvalue weighted by Gasteiger charge is -2.28. The van der Waals surface area contributed by atoms with Crippen LogP contribution in [0.2, 0.25) is 0 Å². The van der Waals surface area contributed by atoms with Crippen LogP contribution in [0, 0.1) is 0 Å². The van der Waals surface area contributed by atoms with Gasteiger partial charge in [-0.15, -0.1) is 0 Å². The lowest BCUT2D eigenvalue weighted by molar-refractivity contribution is -0.134. The van der Waals surface area contributed by atoms with Crippen molar-refractivity contribution in [1.29, 1.82) is 0 Å². The zero-order valence-corrected chi connectivity index (χ0v) is 17.0. The second kappa shape index (κ2) is 8.27. The Hall–Kier alpha value is -4.21. The number of ketones is 1. The SMILES string of the molecule is COC(=O)C1=C(C(=O)c2ccccc2)[C@@H](c2ccc(OC)c(OC)c2)Nc2nnnn21. The maximum absolute atomic E-state index is 13.6. The molecule has 0 bridgehead atoms. The van der Waals surface area contributed by atoms with Crippen LogP contribution in [0.25, 0.3) is 5.70 Å². The molecule has 4 rings (SSSR count).